The average molecular weight is 224 g/mol. The molecule has 1 aromatic heterocycles. The van der Waals surface area contributed by atoms with Gasteiger partial charge < -0.3 is 16.2 Å². The fourth-order valence-electron chi connectivity index (χ4n) is 1.92. The highest BCUT2D eigenvalue weighted by atomic mass is 16.5. The summed E-state index contributed by atoms with van der Waals surface area (Å²) in [5, 5.41) is 4.08. The van der Waals surface area contributed by atoms with E-state index >= 15 is 0 Å². The molecule has 0 atom stereocenters. The Morgan fingerprint density at radius 1 is 1.56 bits per heavy atom. The molecule has 4 N–H and O–H groups in total. The Balaban J connectivity index is 2.03. The number of carbonyl (C=O) groups excluding carboxylic acids is 1. The van der Waals surface area contributed by atoms with E-state index in [1.54, 1.807) is 10.9 Å². The highest BCUT2D eigenvalue weighted by Crippen LogP contribution is 2.18. The molecule has 0 spiro atoms. The first-order valence-corrected chi connectivity index (χ1v) is 5.37. The number of carbonyl (C=O) groups is 1. The van der Waals surface area contributed by atoms with Crippen molar-refractivity contribution in [2.75, 3.05) is 18.9 Å². The number of amides is 1. The molecule has 0 aromatic carbocycles. The van der Waals surface area contributed by atoms with Crippen molar-refractivity contribution >= 4 is 11.6 Å². The lowest BCUT2D eigenvalue weighted by atomic mass is 10.0. The summed E-state index contributed by atoms with van der Waals surface area (Å²) >= 11 is 0. The Hall–Kier alpha value is -1.56. The van der Waals surface area contributed by atoms with Gasteiger partial charge in [-0.15, -0.1) is 0 Å². The first kappa shape index (κ1) is 10.9. The number of primary amides is 1. The summed E-state index contributed by atoms with van der Waals surface area (Å²) < 4.78 is 6.98. The molecule has 2 rings (SSSR count). The zero-order chi connectivity index (χ0) is 11.5. The predicted octanol–water partition coefficient (Wildman–Crippen LogP) is -0.00920. The van der Waals surface area contributed by atoms with Crippen LogP contribution in [0.25, 0.3) is 0 Å². The standard InChI is InChI=1S/C10H16N4O2/c11-8-6-14(13-9(8)10(12)15)5-7-1-3-16-4-2-7/h6-7H,1-5,11H2,(H2,12,15). The van der Waals surface area contributed by atoms with Crippen LogP contribution in [0.2, 0.25) is 0 Å². The molecular formula is C10H16N4O2. The lowest BCUT2D eigenvalue weighted by Crippen LogP contribution is -2.21. The van der Waals surface area contributed by atoms with E-state index in [2.05, 4.69) is 5.10 Å². The molecule has 6 heteroatoms. The normalized spacial score (nSPS) is 17.5. The van der Waals surface area contributed by atoms with Crippen LogP contribution in [-0.2, 0) is 11.3 Å². The highest BCUT2D eigenvalue weighted by molar-refractivity contribution is 5.95. The maximum absolute atomic E-state index is 11.0. The summed E-state index contributed by atoms with van der Waals surface area (Å²) in [5.74, 6) is -0.0444. The first-order valence-electron chi connectivity index (χ1n) is 5.37. The molecule has 1 amide bonds. The Morgan fingerprint density at radius 2 is 2.25 bits per heavy atom. The van der Waals surface area contributed by atoms with Gasteiger partial charge in [0, 0.05) is 26.0 Å². The predicted molar refractivity (Wildman–Crippen MR) is 58.7 cm³/mol. The molecule has 1 aliphatic heterocycles. The summed E-state index contributed by atoms with van der Waals surface area (Å²) in [4.78, 5) is 11.0. The van der Waals surface area contributed by atoms with Gasteiger partial charge in [0.05, 0.1) is 5.69 Å². The molecule has 0 unspecified atom stereocenters. The van der Waals surface area contributed by atoms with Crippen LogP contribution in [0.1, 0.15) is 23.3 Å². The molecule has 2 heterocycles. The van der Waals surface area contributed by atoms with Crippen LogP contribution < -0.4 is 11.5 Å². The van der Waals surface area contributed by atoms with Gasteiger partial charge in [0.15, 0.2) is 5.69 Å². The van der Waals surface area contributed by atoms with E-state index in [4.69, 9.17) is 16.2 Å². The van der Waals surface area contributed by atoms with Crippen molar-refractivity contribution in [3.8, 4) is 0 Å². The third-order valence-corrected chi connectivity index (χ3v) is 2.81. The van der Waals surface area contributed by atoms with Crippen LogP contribution in [0.5, 0.6) is 0 Å². The number of rotatable bonds is 3. The second kappa shape index (κ2) is 4.52. The summed E-state index contributed by atoms with van der Waals surface area (Å²) in [6.07, 6.45) is 3.70. The molecule has 0 aliphatic carbocycles. The lowest BCUT2D eigenvalue weighted by Gasteiger charge is -2.21. The van der Waals surface area contributed by atoms with Gasteiger partial charge in [0.2, 0.25) is 0 Å². The number of nitrogens with two attached hydrogens (primary N) is 2. The largest absolute Gasteiger partial charge is 0.396 e. The molecule has 0 saturated carbocycles. The molecule has 88 valence electrons. The van der Waals surface area contributed by atoms with Crippen molar-refractivity contribution in [3.63, 3.8) is 0 Å². The van der Waals surface area contributed by atoms with Gasteiger partial charge in [-0.1, -0.05) is 0 Å². The van der Waals surface area contributed by atoms with E-state index in [1.807, 2.05) is 0 Å². The van der Waals surface area contributed by atoms with E-state index in [9.17, 15) is 4.79 Å². The SMILES string of the molecule is NC(=O)c1nn(CC2CCOCC2)cc1N. The molecule has 0 radical (unpaired) electrons. The van der Waals surface area contributed by atoms with Gasteiger partial charge in [-0.2, -0.15) is 5.10 Å². The van der Waals surface area contributed by atoms with Gasteiger partial charge in [-0.05, 0) is 18.8 Å². The minimum absolute atomic E-state index is 0.159. The van der Waals surface area contributed by atoms with Crippen molar-refractivity contribution in [2.45, 2.75) is 19.4 Å². The van der Waals surface area contributed by atoms with Crippen LogP contribution in [0.4, 0.5) is 5.69 Å². The summed E-state index contributed by atoms with van der Waals surface area (Å²) in [7, 11) is 0. The molecule has 1 aromatic rings. The molecule has 1 aliphatic rings. The van der Waals surface area contributed by atoms with Crippen molar-refractivity contribution < 1.29 is 9.53 Å². The van der Waals surface area contributed by atoms with E-state index in [0.29, 0.717) is 11.6 Å². The molecular weight excluding hydrogens is 208 g/mol. The van der Waals surface area contributed by atoms with Crippen LogP contribution >= 0.6 is 0 Å². The number of anilines is 1. The maximum Gasteiger partial charge on any atom is 0.271 e. The molecule has 1 fully saturated rings. The van der Waals surface area contributed by atoms with Crippen LogP contribution in [-0.4, -0.2) is 28.9 Å². The summed E-state index contributed by atoms with van der Waals surface area (Å²) in [5.41, 5.74) is 11.3. The number of nitrogens with zero attached hydrogens (tertiary/aromatic N) is 2. The van der Waals surface area contributed by atoms with Crippen LogP contribution in [0.3, 0.4) is 0 Å². The third kappa shape index (κ3) is 2.33. The minimum Gasteiger partial charge on any atom is -0.396 e. The van der Waals surface area contributed by atoms with Gasteiger partial charge in [-0.3, -0.25) is 9.48 Å². The molecule has 16 heavy (non-hydrogen) atoms. The van der Waals surface area contributed by atoms with Gasteiger partial charge in [0.1, 0.15) is 0 Å². The number of nitrogen functional groups attached to an aromatic ring is 1. The molecule has 6 nitrogen and oxygen atoms in total. The highest BCUT2D eigenvalue weighted by Gasteiger charge is 2.17. The maximum atomic E-state index is 11.0. The monoisotopic (exact) mass is 224 g/mol. The van der Waals surface area contributed by atoms with E-state index < -0.39 is 5.91 Å². The smallest absolute Gasteiger partial charge is 0.271 e. The number of aromatic nitrogens is 2. The minimum atomic E-state index is -0.580. The van der Waals surface area contributed by atoms with E-state index in [-0.39, 0.29) is 5.69 Å². The van der Waals surface area contributed by atoms with Crippen molar-refractivity contribution in [3.05, 3.63) is 11.9 Å². The van der Waals surface area contributed by atoms with Crippen molar-refractivity contribution in [2.24, 2.45) is 11.7 Å². The second-order valence-electron chi connectivity index (χ2n) is 4.08. The third-order valence-electron chi connectivity index (χ3n) is 2.81. The van der Waals surface area contributed by atoms with Crippen molar-refractivity contribution in [1.29, 1.82) is 0 Å². The zero-order valence-electron chi connectivity index (χ0n) is 9.06. The van der Waals surface area contributed by atoms with Gasteiger partial charge in [0.25, 0.3) is 5.91 Å². The Morgan fingerprint density at radius 3 is 2.81 bits per heavy atom. The fraction of sp³-hybridized carbons (Fsp3) is 0.600. The topological polar surface area (TPSA) is 96.2 Å². The Bertz CT molecular complexity index is 382. The lowest BCUT2D eigenvalue weighted by molar-refractivity contribution is 0.0601. The number of ether oxygens (including phenoxy) is 1. The van der Waals surface area contributed by atoms with E-state index in [0.717, 1.165) is 32.6 Å². The van der Waals surface area contributed by atoms with Crippen molar-refractivity contribution in [1.82, 2.24) is 9.78 Å². The van der Waals surface area contributed by atoms with Gasteiger partial charge in [-0.25, -0.2) is 0 Å². The zero-order valence-corrected chi connectivity index (χ0v) is 9.06. The van der Waals surface area contributed by atoms with Crippen LogP contribution in [0, 0.1) is 5.92 Å². The summed E-state index contributed by atoms with van der Waals surface area (Å²) in [6.45, 7) is 2.36. The molecule has 1 saturated heterocycles. The summed E-state index contributed by atoms with van der Waals surface area (Å²) in [6, 6.07) is 0. The average Bonchev–Trinajstić information content (AvgIpc) is 2.61. The number of hydrogen-bond acceptors (Lipinski definition) is 4. The second-order valence-corrected chi connectivity index (χ2v) is 4.08. The molecule has 0 bridgehead atoms. The first-order chi connectivity index (χ1) is 7.66. The Kier molecular flexibility index (Phi) is 3.09. The number of hydrogen-bond donors (Lipinski definition) is 2. The fourth-order valence-corrected chi connectivity index (χ4v) is 1.92. The quantitative estimate of drug-likeness (QED) is 0.754. The van der Waals surface area contributed by atoms with Gasteiger partial charge >= 0.3 is 0 Å². The van der Waals surface area contributed by atoms with Crippen LogP contribution in [0.15, 0.2) is 6.20 Å². The Labute approximate surface area is 93.5 Å². The van der Waals surface area contributed by atoms with E-state index in [1.165, 1.54) is 0 Å².